The zero-order valence-corrected chi connectivity index (χ0v) is 13.2. The Morgan fingerprint density at radius 3 is 2.38 bits per heavy atom. The predicted molar refractivity (Wildman–Crippen MR) is 81.9 cm³/mol. The van der Waals surface area contributed by atoms with Crippen molar-refractivity contribution in [3.8, 4) is 0 Å². The minimum absolute atomic E-state index is 0.358. The Balaban J connectivity index is 1.92. The Morgan fingerprint density at radius 1 is 1.05 bits per heavy atom. The molecule has 0 unspecified atom stereocenters. The van der Waals surface area contributed by atoms with Gasteiger partial charge in [0.25, 0.3) is 0 Å². The van der Waals surface area contributed by atoms with Crippen LogP contribution in [0.1, 0.15) is 12.8 Å². The highest BCUT2D eigenvalue weighted by Gasteiger charge is 2.31. The molecule has 0 aromatic carbocycles. The van der Waals surface area contributed by atoms with Gasteiger partial charge in [0.2, 0.25) is 10.0 Å². The molecule has 2 fully saturated rings. The van der Waals surface area contributed by atoms with Crippen LogP contribution in [0, 0.1) is 0 Å². The summed E-state index contributed by atoms with van der Waals surface area (Å²) in [5.74, 6) is 0. The van der Waals surface area contributed by atoms with Gasteiger partial charge in [0.15, 0.2) is 0 Å². The first-order valence-electron chi connectivity index (χ1n) is 7.47. The molecule has 2 aliphatic rings. The van der Waals surface area contributed by atoms with Crippen molar-refractivity contribution < 1.29 is 8.42 Å². The van der Waals surface area contributed by atoms with Crippen LogP contribution in [-0.2, 0) is 10.0 Å². The minimum atomic E-state index is -3.42. The van der Waals surface area contributed by atoms with Crippen molar-refractivity contribution in [3.63, 3.8) is 0 Å². The van der Waals surface area contributed by atoms with Crippen LogP contribution in [0.2, 0.25) is 0 Å². The van der Waals surface area contributed by atoms with Crippen LogP contribution in [0.25, 0.3) is 0 Å². The second kappa shape index (κ2) is 5.90. The molecule has 0 spiro atoms. The number of piperazine rings is 1. The second-order valence-electron chi connectivity index (χ2n) is 5.74. The highest BCUT2D eigenvalue weighted by atomic mass is 32.2. The van der Waals surface area contributed by atoms with Gasteiger partial charge in [-0.15, -0.1) is 0 Å². The van der Waals surface area contributed by atoms with Crippen LogP contribution < -0.4 is 4.90 Å². The molecular formula is C14H22N4O2S. The third-order valence-corrected chi connectivity index (χ3v) is 6.20. The number of hydrogen-bond donors (Lipinski definition) is 0. The number of aromatic nitrogens is 1. The first kappa shape index (κ1) is 14.7. The number of nitrogens with zero attached hydrogens (tertiary/aromatic N) is 4. The van der Waals surface area contributed by atoms with E-state index >= 15 is 0 Å². The van der Waals surface area contributed by atoms with E-state index in [1.807, 2.05) is 6.07 Å². The lowest BCUT2D eigenvalue weighted by Gasteiger charge is -2.35. The van der Waals surface area contributed by atoms with Gasteiger partial charge < -0.3 is 9.80 Å². The van der Waals surface area contributed by atoms with E-state index in [1.54, 1.807) is 10.5 Å². The van der Waals surface area contributed by atoms with Gasteiger partial charge in [-0.25, -0.2) is 8.42 Å². The molecule has 1 aromatic rings. The van der Waals surface area contributed by atoms with Crippen LogP contribution in [0.4, 0.5) is 5.69 Å². The molecule has 2 aliphatic heterocycles. The van der Waals surface area contributed by atoms with E-state index in [1.165, 1.54) is 6.20 Å². The molecule has 6 nitrogen and oxygen atoms in total. The predicted octanol–water partition coefficient (Wildman–Crippen LogP) is 0.618. The van der Waals surface area contributed by atoms with Crippen LogP contribution in [0.3, 0.4) is 0 Å². The Hall–Kier alpha value is -1.18. The van der Waals surface area contributed by atoms with Crippen LogP contribution in [0.15, 0.2) is 23.4 Å². The van der Waals surface area contributed by atoms with Gasteiger partial charge in [-0.3, -0.25) is 4.98 Å². The molecule has 0 saturated carbocycles. The Labute approximate surface area is 126 Å². The fourth-order valence-corrected chi connectivity index (χ4v) is 4.62. The topological polar surface area (TPSA) is 56.8 Å². The SMILES string of the molecule is CN1CCN(c2ccncc2S(=O)(=O)N2CCCC2)CC1. The van der Waals surface area contributed by atoms with Crippen LogP contribution in [-0.4, -0.2) is 68.9 Å². The van der Waals surface area contributed by atoms with Crippen molar-refractivity contribution in [1.82, 2.24) is 14.2 Å². The molecule has 21 heavy (non-hydrogen) atoms. The second-order valence-corrected chi connectivity index (χ2v) is 7.65. The van der Waals surface area contributed by atoms with Crippen molar-refractivity contribution in [3.05, 3.63) is 18.5 Å². The number of hydrogen-bond acceptors (Lipinski definition) is 5. The van der Waals surface area contributed by atoms with Gasteiger partial charge in [0, 0.05) is 51.7 Å². The van der Waals surface area contributed by atoms with Gasteiger partial charge in [-0.2, -0.15) is 4.31 Å². The van der Waals surface area contributed by atoms with Gasteiger partial charge in [0.1, 0.15) is 4.90 Å². The van der Waals surface area contributed by atoms with Crippen LogP contribution >= 0.6 is 0 Å². The fourth-order valence-electron chi connectivity index (χ4n) is 2.95. The Bertz CT molecular complexity index is 591. The van der Waals surface area contributed by atoms with Crippen LogP contribution in [0.5, 0.6) is 0 Å². The van der Waals surface area contributed by atoms with Crippen molar-refractivity contribution in [2.24, 2.45) is 0 Å². The fraction of sp³-hybridized carbons (Fsp3) is 0.643. The van der Waals surface area contributed by atoms with Gasteiger partial charge in [-0.1, -0.05) is 0 Å². The molecule has 1 aromatic heterocycles. The average Bonchev–Trinajstić information content (AvgIpc) is 3.03. The largest absolute Gasteiger partial charge is 0.368 e. The van der Waals surface area contributed by atoms with E-state index in [4.69, 9.17) is 0 Å². The summed E-state index contributed by atoms with van der Waals surface area (Å²) < 4.78 is 27.2. The summed E-state index contributed by atoms with van der Waals surface area (Å²) in [5, 5.41) is 0. The Morgan fingerprint density at radius 2 is 1.71 bits per heavy atom. The normalized spacial score (nSPS) is 21.9. The maximum atomic E-state index is 12.8. The molecule has 2 saturated heterocycles. The molecule has 116 valence electrons. The summed E-state index contributed by atoms with van der Waals surface area (Å²) in [6.45, 7) is 4.85. The number of likely N-dealkylation sites (N-methyl/N-ethyl adjacent to an activating group) is 1. The number of pyridine rings is 1. The maximum absolute atomic E-state index is 12.8. The number of sulfonamides is 1. The highest BCUT2D eigenvalue weighted by molar-refractivity contribution is 7.89. The minimum Gasteiger partial charge on any atom is -0.368 e. The summed E-state index contributed by atoms with van der Waals surface area (Å²) in [7, 11) is -1.33. The molecule has 7 heteroatoms. The van der Waals surface area contributed by atoms with E-state index in [0.717, 1.165) is 44.7 Å². The quantitative estimate of drug-likeness (QED) is 0.819. The lowest BCUT2D eigenvalue weighted by molar-refractivity contribution is 0.312. The molecule has 0 N–H and O–H groups in total. The third kappa shape index (κ3) is 2.90. The Kier molecular flexibility index (Phi) is 4.14. The van der Waals surface area contributed by atoms with E-state index in [2.05, 4.69) is 21.8 Å². The summed E-state index contributed by atoms with van der Waals surface area (Å²) in [6, 6.07) is 1.83. The molecule has 3 heterocycles. The summed E-state index contributed by atoms with van der Waals surface area (Å²) >= 11 is 0. The first-order chi connectivity index (χ1) is 10.1. The van der Waals surface area contributed by atoms with E-state index in [9.17, 15) is 8.42 Å². The summed E-state index contributed by atoms with van der Waals surface area (Å²) in [5.41, 5.74) is 0.796. The van der Waals surface area contributed by atoms with Gasteiger partial charge in [0.05, 0.1) is 5.69 Å². The maximum Gasteiger partial charge on any atom is 0.246 e. The van der Waals surface area contributed by atoms with Crippen molar-refractivity contribution in [2.75, 3.05) is 51.2 Å². The summed E-state index contributed by atoms with van der Waals surface area (Å²) in [4.78, 5) is 8.82. The monoisotopic (exact) mass is 310 g/mol. The number of anilines is 1. The lowest BCUT2D eigenvalue weighted by Crippen LogP contribution is -2.45. The highest BCUT2D eigenvalue weighted by Crippen LogP contribution is 2.29. The third-order valence-electron chi connectivity index (χ3n) is 4.29. The van der Waals surface area contributed by atoms with E-state index < -0.39 is 10.0 Å². The zero-order valence-electron chi connectivity index (χ0n) is 12.4. The molecular weight excluding hydrogens is 288 g/mol. The zero-order chi connectivity index (χ0) is 14.9. The molecule has 3 rings (SSSR count). The smallest absolute Gasteiger partial charge is 0.246 e. The van der Waals surface area contributed by atoms with Gasteiger partial charge in [-0.05, 0) is 26.0 Å². The molecule has 0 bridgehead atoms. The summed E-state index contributed by atoms with van der Waals surface area (Å²) in [6.07, 6.45) is 5.07. The van der Waals surface area contributed by atoms with E-state index in [0.29, 0.717) is 18.0 Å². The molecule has 0 aliphatic carbocycles. The molecule has 0 amide bonds. The molecule has 0 radical (unpaired) electrons. The lowest BCUT2D eigenvalue weighted by atomic mass is 10.3. The van der Waals surface area contributed by atoms with E-state index in [-0.39, 0.29) is 0 Å². The van der Waals surface area contributed by atoms with Gasteiger partial charge >= 0.3 is 0 Å². The standard InChI is InChI=1S/C14H22N4O2S/c1-16-8-10-17(11-9-16)13-4-5-15-12-14(13)21(19,20)18-6-2-3-7-18/h4-5,12H,2-3,6-11H2,1H3. The van der Waals surface area contributed by atoms with Crippen molar-refractivity contribution >= 4 is 15.7 Å². The number of rotatable bonds is 3. The first-order valence-corrected chi connectivity index (χ1v) is 8.91. The van der Waals surface area contributed by atoms with Crippen molar-refractivity contribution in [2.45, 2.75) is 17.7 Å². The average molecular weight is 310 g/mol. The van der Waals surface area contributed by atoms with Crippen molar-refractivity contribution in [1.29, 1.82) is 0 Å². The molecule has 0 atom stereocenters.